The first-order valence-corrected chi connectivity index (χ1v) is 5.97. The maximum Gasteiger partial charge on any atom is 0.225 e. The Kier molecular flexibility index (Phi) is 4.14. The second-order valence-corrected chi connectivity index (χ2v) is 4.99. The Morgan fingerprint density at radius 3 is 2.73 bits per heavy atom. The fraction of sp³-hybridized carbons (Fsp3) is 0.917. The van der Waals surface area contributed by atoms with Crippen molar-refractivity contribution in [2.24, 2.45) is 5.92 Å². The molecule has 1 aliphatic heterocycles. The molecule has 15 heavy (non-hydrogen) atoms. The Hall–Kier alpha value is -0.570. The van der Waals surface area contributed by atoms with E-state index in [4.69, 9.17) is 0 Å². The Balaban J connectivity index is 2.54. The number of hydrogen-bond acceptors (Lipinski definition) is 2. The summed E-state index contributed by atoms with van der Waals surface area (Å²) in [6, 6.07) is 0. The van der Waals surface area contributed by atoms with Gasteiger partial charge in [0.25, 0.3) is 0 Å². The minimum atomic E-state index is -0.579. The molecule has 0 spiro atoms. The molecule has 0 radical (unpaired) electrons. The molecule has 1 rings (SSSR count). The number of hydrogen-bond donors (Lipinski definition) is 1. The fourth-order valence-electron chi connectivity index (χ4n) is 1.97. The second-order valence-electron chi connectivity index (χ2n) is 4.99. The van der Waals surface area contributed by atoms with Crippen LogP contribution in [0, 0.1) is 5.92 Å². The van der Waals surface area contributed by atoms with Crippen molar-refractivity contribution in [2.45, 2.75) is 52.1 Å². The largest absolute Gasteiger partial charge is 0.390 e. The fourth-order valence-corrected chi connectivity index (χ4v) is 1.97. The van der Waals surface area contributed by atoms with Crippen LogP contribution in [0.15, 0.2) is 0 Å². The van der Waals surface area contributed by atoms with Gasteiger partial charge in [-0.25, -0.2) is 0 Å². The monoisotopic (exact) mass is 213 g/mol. The van der Waals surface area contributed by atoms with Crippen molar-refractivity contribution in [3.05, 3.63) is 0 Å². The van der Waals surface area contributed by atoms with Crippen molar-refractivity contribution in [3.8, 4) is 0 Å². The first kappa shape index (κ1) is 12.5. The number of likely N-dealkylation sites (tertiary alicyclic amines) is 1. The minimum absolute atomic E-state index is 0.119. The molecule has 0 saturated carbocycles. The topological polar surface area (TPSA) is 40.5 Å². The van der Waals surface area contributed by atoms with E-state index in [2.05, 4.69) is 0 Å². The smallest absolute Gasteiger partial charge is 0.225 e. The van der Waals surface area contributed by atoms with Crippen LogP contribution in [0.5, 0.6) is 0 Å². The van der Waals surface area contributed by atoms with Gasteiger partial charge in [-0.3, -0.25) is 4.79 Å². The predicted molar refractivity (Wildman–Crippen MR) is 60.5 cm³/mol. The molecule has 3 heteroatoms. The molecule has 2 atom stereocenters. The Bertz CT molecular complexity index is 226. The standard InChI is InChI=1S/C12H23NO2/c1-4-10(2)11(14)13-8-5-6-12(3,15)7-9-13/h10,15H,4-9H2,1-3H3. The van der Waals surface area contributed by atoms with E-state index in [1.165, 1.54) is 0 Å². The van der Waals surface area contributed by atoms with E-state index in [1.54, 1.807) is 0 Å². The molecule has 1 heterocycles. The molecule has 1 aliphatic rings. The van der Waals surface area contributed by atoms with Gasteiger partial charge in [0.2, 0.25) is 5.91 Å². The molecule has 0 bridgehead atoms. The summed E-state index contributed by atoms with van der Waals surface area (Å²) in [4.78, 5) is 13.8. The van der Waals surface area contributed by atoms with Crippen LogP contribution in [-0.2, 0) is 4.79 Å². The summed E-state index contributed by atoms with van der Waals surface area (Å²) in [5, 5.41) is 9.91. The van der Waals surface area contributed by atoms with Gasteiger partial charge in [-0.1, -0.05) is 13.8 Å². The maximum absolute atomic E-state index is 11.9. The lowest BCUT2D eigenvalue weighted by Gasteiger charge is -2.24. The van der Waals surface area contributed by atoms with Crippen LogP contribution in [0.25, 0.3) is 0 Å². The van der Waals surface area contributed by atoms with Crippen molar-refractivity contribution in [2.75, 3.05) is 13.1 Å². The van der Waals surface area contributed by atoms with Crippen LogP contribution in [0.1, 0.15) is 46.5 Å². The van der Waals surface area contributed by atoms with Gasteiger partial charge in [0.1, 0.15) is 0 Å². The Labute approximate surface area is 92.5 Å². The first-order valence-electron chi connectivity index (χ1n) is 5.97. The molecule has 1 saturated heterocycles. The van der Waals surface area contributed by atoms with Gasteiger partial charge in [0.15, 0.2) is 0 Å². The molecule has 0 aromatic rings. The van der Waals surface area contributed by atoms with E-state index in [0.717, 1.165) is 25.8 Å². The third-order valence-corrected chi connectivity index (χ3v) is 3.41. The Morgan fingerprint density at radius 1 is 1.47 bits per heavy atom. The highest BCUT2D eigenvalue weighted by molar-refractivity contribution is 5.78. The van der Waals surface area contributed by atoms with Crippen LogP contribution in [-0.4, -0.2) is 34.6 Å². The van der Waals surface area contributed by atoms with E-state index >= 15 is 0 Å². The van der Waals surface area contributed by atoms with Crippen LogP contribution in [0.2, 0.25) is 0 Å². The SMILES string of the molecule is CCC(C)C(=O)N1CCCC(C)(O)CC1. The zero-order chi connectivity index (χ0) is 11.5. The lowest BCUT2D eigenvalue weighted by Crippen LogP contribution is -2.36. The third-order valence-electron chi connectivity index (χ3n) is 3.41. The van der Waals surface area contributed by atoms with Gasteiger partial charge < -0.3 is 10.0 Å². The summed E-state index contributed by atoms with van der Waals surface area (Å²) in [6.45, 7) is 7.39. The number of nitrogens with zero attached hydrogens (tertiary/aromatic N) is 1. The van der Waals surface area contributed by atoms with Crippen LogP contribution >= 0.6 is 0 Å². The molecular weight excluding hydrogens is 190 g/mol. The molecule has 1 amide bonds. The average Bonchev–Trinajstić information content (AvgIpc) is 2.37. The number of rotatable bonds is 2. The van der Waals surface area contributed by atoms with Crippen molar-refractivity contribution >= 4 is 5.91 Å². The number of amides is 1. The second kappa shape index (κ2) is 4.97. The summed E-state index contributed by atoms with van der Waals surface area (Å²) < 4.78 is 0. The van der Waals surface area contributed by atoms with Crippen molar-refractivity contribution in [3.63, 3.8) is 0 Å². The molecule has 0 aromatic heterocycles. The molecule has 1 fully saturated rings. The van der Waals surface area contributed by atoms with E-state index in [9.17, 15) is 9.90 Å². The average molecular weight is 213 g/mol. The van der Waals surface area contributed by atoms with E-state index in [-0.39, 0.29) is 11.8 Å². The lowest BCUT2D eigenvalue weighted by atomic mass is 9.98. The highest BCUT2D eigenvalue weighted by atomic mass is 16.3. The van der Waals surface area contributed by atoms with Crippen LogP contribution in [0.4, 0.5) is 0 Å². The number of carbonyl (C=O) groups excluding carboxylic acids is 1. The molecule has 2 unspecified atom stereocenters. The number of aliphatic hydroxyl groups is 1. The lowest BCUT2D eigenvalue weighted by molar-refractivity contribution is -0.135. The summed E-state index contributed by atoms with van der Waals surface area (Å²) in [5.41, 5.74) is -0.579. The van der Waals surface area contributed by atoms with Gasteiger partial charge >= 0.3 is 0 Å². The third kappa shape index (κ3) is 3.49. The molecule has 1 N–H and O–H groups in total. The zero-order valence-electron chi connectivity index (χ0n) is 10.1. The van der Waals surface area contributed by atoms with Crippen molar-refractivity contribution in [1.29, 1.82) is 0 Å². The molecule has 88 valence electrons. The van der Waals surface area contributed by atoms with Crippen LogP contribution < -0.4 is 0 Å². The molecule has 0 aromatic carbocycles. The van der Waals surface area contributed by atoms with Gasteiger partial charge in [0.05, 0.1) is 5.60 Å². The highest BCUT2D eigenvalue weighted by Crippen LogP contribution is 2.22. The number of carbonyl (C=O) groups is 1. The quantitative estimate of drug-likeness (QED) is 0.760. The first-order chi connectivity index (χ1) is 6.96. The zero-order valence-corrected chi connectivity index (χ0v) is 10.1. The molecular formula is C12H23NO2. The summed E-state index contributed by atoms with van der Waals surface area (Å²) >= 11 is 0. The summed E-state index contributed by atoms with van der Waals surface area (Å²) in [7, 11) is 0. The van der Waals surface area contributed by atoms with Crippen molar-refractivity contribution in [1.82, 2.24) is 4.90 Å². The highest BCUT2D eigenvalue weighted by Gasteiger charge is 2.28. The van der Waals surface area contributed by atoms with Gasteiger partial charge in [0, 0.05) is 19.0 Å². The normalized spacial score (nSPS) is 29.7. The maximum atomic E-state index is 11.9. The van der Waals surface area contributed by atoms with Crippen LogP contribution in [0.3, 0.4) is 0 Å². The summed E-state index contributed by atoms with van der Waals surface area (Å²) in [6.07, 6.45) is 3.31. The summed E-state index contributed by atoms with van der Waals surface area (Å²) in [5.74, 6) is 0.364. The molecule has 3 nitrogen and oxygen atoms in total. The molecule has 0 aliphatic carbocycles. The minimum Gasteiger partial charge on any atom is -0.390 e. The van der Waals surface area contributed by atoms with Gasteiger partial charge in [-0.05, 0) is 32.6 Å². The van der Waals surface area contributed by atoms with E-state index < -0.39 is 5.60 Å². The van der Waals surface area contributed by atoms with E-state index in [0.29, 0.717) is 13.0 Å². The van der Waals surface area contributed by atoms with E-state index in [1.807, 2.05) is 25.7 Å². The Morgan fingerprint density at radius 2 is 2.13 bits per heavy atom. The van der Waals surface area contributed by atoms with Gasteiger partial charge in [-0.15, -0.1) is 0 Å². The van der Waals surface area contributed by atoms with Gasteiger partial charge in [-0.2, -0.15) is 0 Å². The predicted octanol–water partition coefficient (Wildman–Crippen LogP) is 1.80. The van der Waals surface area contributed by atoms with Crippen molar-refractivity contribution < 1.29 is 9.90 Å².